The first kappa shape index (κ1) is 13.9. The van der Waals surface area contributed by atoms with Gasteiger partial charge in [-0.3, -0.25) is 0 Å². The summed E-state index contributed by atoms with van der Waals surface area (Å²) in [5.74, 6) is 1.06. The van der Waals surface area contributed by atoms with Gasteiger partial charge in [0.1, 0.15) is 0 Å². The highest BCUT2D eigenvalue weighted by molar-refractivity contribution is 5.29. The number of hydrogen-bond donors (Lipinski definition) is 1. The fourth-order valence-corrected chi connectivity index (χ4v) is 3.50. The molecule has 1 aromatic rings. The van der Waals surface area contributed by atoms with Crippen molar-refractivity contribution < 1.29 is 4.74 Å². The Balaban J connectivity index is 1.57. The zero-order valence-electron chi connectivity index (χ0n) is 12.6. The van der Waals surface area contributed by atoms with Crippen molar-refractivity contribution in [1.82, 2.24) is 9.55 Å². The summed E-state index contributed by atoms with van der Waals surface area (Å²) >= 11 is 0. The fourth-order valence-electron chi connectivity index (χ4n) is 3.50. The van der Waals surface area contributed by atoms with Crippen LogP contribution in [0.4, 0.5) is 5.95 Å². The minimum atomic E-state index is 0.460. The van der Waals surface area contributed by atoms with Gasteiger partial charge >= 0.3 is 0 Å². The molecule has 3 rings (SSSR count). The first-order chi connectivity index (χ1) is 9.83. The molecule has 20 heavy (non-hydrogen) atoms. The average Bonchev–Trinajstić information content (AvgIpc) is 3.10. The number of anilines is 1. The van der Waals surface area contributed by atoms with Crippen molar-refractivity contribution in [3.63, 3.8) is 0 Å². The highest BCUT2D eigenvalue weighted by Gasteiger charge is 2.19. The zero-order chi connectivity index (χ0) is 13.8. The van der Waals surface area contributed by atoms with Crippen molar-refractivity contribution in [3.05, 3.63) is 11.9 Å². The van der Waals surface area contributed by atoms with Gasteiger partial charge in [-0.1, -0.05) is 19.3 Å². The standard InChI is InChI=1S/C16H27N3O/c1-13-12-19(14-6-3-2-4-7-14)16(18-13)17-10-9-15-8-5-11-20-15/h12,14-15H,2-11H2,1H3,(H,17,18). The summed E-state index contributed by atoms with van der Waals surface area (Å²) in [6.45, 7) is 4.00. The van der Waals surface area contributed by atoms with Gasteiger partial charge in [0, 0.05) is 25.4 Å². The van der Waals surface area contributed by atoms with E-state index in [0.29, 0.717) is 12.1 Å². The molecule has 4 nitrogen and oxygen atoms in total. The van der Waals surface area contributed by atoms with Crippen LogP contribution in [0.2, 0.25) is 0 Å². The number of aryl methyl sites for hydroxylation is 1. The molecule has 1 aromatic heterocycles. The maximum atomic E-state index is 5.68. The Hall–Kier alpha value is -1.03. The third-order valence-electron chi connectivity index (χ3n) is 4.59. The topological polar surface area (TPSA) is 39.1 Å². The maximum absolute atomic E-state index is 5.68. The zero-order valence-corrected chi connectivity index (χ0v) is 12.6. The Kier molecular flexibility index (Phi) is 4.61. The van der Waals surface area contributed by atoms with E-state index < -0.39 is 0 Å². The van der Waals surface area contributed by atoms with Gasteiger partial charge in [-0.2, -0.15) is 0 Å². The number of nitrogens with one attached hydrogen (secondary N) is 1. The molecule has 1 aliphatic carbocycles. The van der Waals surface area contributed by atoms with Crippen LogP contribution in [-0.4, -0.2) is 28.8 Å². The molecule has 0 spiro atoms. The van der Waals surface area contributed by atoms with Gasteiger partial charge in [0.25, 0.3) is 0 Å². The van der Waals surface area contributed by atoms with Gasteiger partial charge in [-0.25, -0.2) is 4.98 Å². The lowest BCUT2D eigenvalue weighted by Gasteiger charge is -2.25. The van der Waals surface area contributed by atoms with Gasteiger partial charge in [-0.05, 0) is 39.0 Å². The van der Waals surface area contributed by atoms with Crippen molar-refractivity contribution in [2.45, 2.75) is 70.4 Å². The molecule has 1 atom stereocenters. The monoisotopic (exact) mass is 277 g/mol. The molecule has 0 radical (unpaired) electrons. The molecule has 2 aliphatic rings. The van der Waals surface area contributed by atoms with E-state index in [1.54, 1.807) is 0 Å². The highest BCUT2D eigenvalue weighted by atomic mass is 16.5. The fraction of sp³-hybridized carbons (Fsp3) is 0.812. The Morgan fingerprint density at radius 1 is 1.25 bits per heavy atom. The van der Waals surface area contributed by atoms with Crippen molar-refractivity contribution in [2.75, 3.05) is 18.5 Å². The molecule has 1 saturated heterocycles. The SMILES string of the molecule is Cc1cn(C2CCCCC2)c(NCCC2CCCO2)n1. The van der Waals surface area contributed by atoms with E-state index in [4.69, 9.17) is 4.74 Å². The smallest absolute Gasteiger partial charge is 0.203 e. The van der Waals surface area contributed by atoms with Crippen molar-refractivity contribution in [1.29, 1.82) is 0 Å². The number of rotatable bonds is 5. The van der Waals surface area contributed by atoms with Gasteiger partial charge in [0.2, 0.25) is 5.95 Å². The van der Waals surface area contributed by atoms with Gasteiger partial charge < -0.3 is 14.6 Å². The van der Waals surface area contributed by atoms with Gasteiger partial charge in [0.05, 0.1) is 11.8 Å². The normalized spacial score (nSPS) is 24.1. The van der Waals surface area contributed by atoms with E-state index in [-0.39, 0.29) is 0 Å². The summed E-state index contributed by atoms with van der Waals surface area (Å²) in [5, 5.41) is 3.53. The molecule has 4 heteroatoms. The summed E-state index contributed by atoms with van der Waals surface area (Å²) < 4.78 is 8.05. The predicted molar refractivity (Wildman–Crippen MR) is 81.2 cm³/mol. The minimum absolute atomic E-state index is 0.460. The largest absolute Gasteiger partial charge is 0.378 e. The molecule has 112 valence electrons. The van der Waals surface area contributed by atoms with Crippen LogP contribution in [0.5, 0.6) is 0 Å². The van der Waals surface area contributed by atoms with Crippen LogP contribution in [0.1, 0.15) is 63.1 Å². The van der Waals surface area contributed by atoms with Crippen LogP contribution >= 0.6 is 0 Å². The summed E-state index contributed by atoms with van der Waals surface area (Å²) in [4.78, 5) is 4.66. The van der Waals surface area contributed by atoms with Crippen LogP contribution in [0.15, 0.2) is 6.20 Å². The lowest BCUT2D eigenvalue weighted by atomic mass is 9.95. The van der Waals surface area contributed by atoms with E-state index >= 15 is 0 Å². The van der Waals surface area contributed by atoms with E-state index in [0.717, 1.165) is 31.2 Å². The molecule has 0 amide bonds. The second kappa shape index (κ2) is 6.61. The van der Waals surface area contributed by atoms with Crippen molar-refractivity contribution in [2.24, 2.45) is 0 Å². The number of hydrogen-bond acceptors (Lipinski definition) is 3. The van der Waals surface area contributed by atoms with Crippen molar-refractivity contribution in [3.8, 4) is 0 Å². The second-order valence-corrected chi connectivity index (χ2v) is 6.26. The van der Waals surface area contributed by atoms with Crippen LogP contribution in [-0.2, 0) is 4.74 Å². The lowest BCUT2D eigenvalue weighted by molar-refractivity contribution is 0.107. The average molecular weight is 277 g/mol. The number of imidazole rings is 1. The van der Waals surface area contributed by atoms with Crippen LogP contribution in [0, 0.1) is 6.92 Å². The van der Waals surface area contributed by atoms with Crippen LogP contribution in [0.3, 0.4) is 0 Å². The van der Waals surface area contributed by atoms with E-state index in [1.165, 1.54) is 44.9 Å². The maximum Gasteiger partial charge on any atom is 0.203 e. The van der Waals surface area contributed by atoms with Crippen LogP contribution < -0.4 is 5.32 Å². The summed E-state index contributed by atoms with van der Waals surface area (Å²) in [6.07, 6.45) is 12.9. The highest BCUT2D eigenvalue weighted by Crippen LogP contribution is 2.30. The summed E-state index contributed by atoms with van der Waals surface area (Å²) in [5.41, 5.74) is 1.12. The van der Waals surface area contributed by atoms with Gasteiger partial charge in [-0.15, -0.1) is 0 Å². The van der Waals surface area contributed by atoms with E-state index in [1.807, 2.05) is 0 Å². The molecule has 0 bridgehead atoms. The van der Waals surface area contributed by atoms with Crippen LogP contribution in [0.25, 0.3) is 0 Å². The van der Waals surface area contributed by atoms with Crippen molar-refractivity contribution >= 4 is 5.95 Å². The number of aromatic nitrogens is 2. The Bertz CT molecular complexity index is 417. The number of ether oxygens (including phenoxy) is 1. The predicted octanol–water partition coefficient (Wildman–Crippen LogP) is 3.68. The minimum Gasteiger partial charge on any atom is -0.378 e. The molecule has 1 unspecified atom stereocenters. The van der Waals surface area contributed by atoms with E-state index in [2.05, 4.69) is 28.0 Å². The quantitative estimate of drug-likeness (QED) is 0.892. The summed E-state index contributed by atoms with van der Waals surface area (Å²) in [6, 6.07) is 0.648. The molecule has 1 aliphatic heterocycles. The van der Waals surface area contributed by atoms with Gasteiger partial charge in [0.15, 0.2) is 0 Å². The third-order valence-corrected chi connectivity index (χ3v) is 4.59. The molecular formula is C16H27N3O. The molecule has 2 heterocycles. The first-order valence-corrected chi connectivity index (χ1v) is 8.24. The summed E-state index contributed by atoms with van der Waals surface area (Å²) in [7, 11) is 0. The Morgan fingerprint density at radius 3 is 2.85 bits per heavy atom. The second-order valence-electron chi connectivity index (χ2n) is 6.26. The molecular weight excluding hydrogens is 250 g/mol. The first-order valence-electron chi connectivity index (χ1n) is 8.24. The Morgan fingerprint density at radius 2 is 2.10 bits per heavy atom. The third kappa shape index (κ3) is 3.35. The lowest BCUT2D eigenvalue weighted by Crippen LogP contribution is -2.18. The molecule has 1 N–H and O–H groups in total. The Labute approximate surface area is 121 Å². The molecule has 0 aromatic carbocycles. The molecule has 2 fully saturated rings. The number of nitrogens with zero attached hydrogens (tertiary/aromatic N) is 2. The molecule has 1 saturated carbocycles. The van der Waals surface area contributed by atoms with E-state index in [9.17, 15) is 0 Å².